The van der Waals surface area contributed by atoms with Gasteiger partial charge >= 0.3 is 0 Å². The van der Waals surface area contributed by atoms with Gasteiger partial charge in [0.1, 0.15) is 0 Å². The van der Waals surface area contributed by atoms with Crippen LogP contribution in [0, 0.1) is 22.7 Å². The molecule has 0 saturated heterocycles. The van der Waals surface area contributed by atoms with Crippen LogP contribution in [0.25, 0.3) is 88.1 Å². The van der Waals surface area contributed by atoms with Crippen LogP contribution in [-0.2, 0) is 0 Å². The first-order valence-corrected chi connectivity index (χ1v) is 16.2. The zero-order valence-corrected chi connectivity index (χ0v) is 26.5. The van der Waals surface area contributed by atoms with Crippen LogP contribution in [0.5, 0.6) is 0 Å². The van der Waals surface area contributed by atoms with Gasteiger partial charge in [-0.1, -0.05) is 84.9 Å². The average molecular weight is 637 g/mol. The number of aromatic nitrogens is 4. The highest BCUT2D eigenvalue weighted by Crippen LogP contribution is 2.49. The van der Waals surface area contributed by atoms with Crippen molar-refractivity contribution in [1.82, 2.24) is 19.9 Å². The molecule has 9 rings (SSSR count). The predicted molar refractivity (Wildman–Crippen MR) is 199 cm³/mol. The lowest BCUT2D eigenvalue weighted by Crippen LogP contribution is -1.95. The second-order valence-electron chi connectivity index (χ2n) is 12.1. The molecule has 0 spiro atoms. The maximum atomic E-state index is 9.44. The third kappa shape index (κ3) is 4.64. The van der Waals surface area contributed by atoms with Crippen LogP contribution in [0.1, 0.15) is 11.1 Å². The van der Waals surface area contributed by atoms with Crippen LogP contribution in [0.15, 0.2) is 146 Å². The molecule has 0 amide bonds. The van der Waals surface area contributed by atoms with E-state index < -0.39 is 0 Å². The van der Waals surface area contributed by atoms with Crippen LogP contribution in [0.3, 0.4) is 0 Å². The summed E-state index contributed by atoms with van der Waals surface area (Å²) in [5, 5.41) is 28.0. The first-order chi connectivity index (χ1) is 24.7. The molecule has 0 aliphatic heterocycles. The Balaban J connectivity index is 1.37. The van der Waals surface area contributed by atoms with Gasteiger partial charge in [-0.3, -0.25) is 19.9 Å². The number of pyridine rings is 4. The van der Waals surface area contributed by atoms with Gasteiger partial charge in [0.05, 0.1) is 46.0 Å². The van der Waals surface area contributed by atoms with E-state index >= 15 is 0 Å². The highest BCUT2D eigenvalue weighted by atomic mass is 14.8. The number of hydrogen-bond acceptors (Lipinski definition) is 6. The minimum Gasteiger partial charge on any atom is -0.255 e. The average Bonchev–Trinajstić information content (AvgIpc) is 3.20. The standard InChI is InChI=1S/C44H24N6/c45-23-27-17-19-47-39(21-27)37-15-13-29(25-49-37)41-35-11-5-6-12-36(35)42(30-14-16-38(50-26-30)40-22-28(24-46)18-20-48-40)44-34-10-4-2-8-32(34)31-7-1-3-9-33(31)43(41)44/h1-22,25-26H. The van der Waals surface area contributed by atoms with E-state index in [9.17, 15) is 10.5 Å². The fraction of sp³-hybridized carbons (Fsp3) is 0. The Hall–Kier alpha value is -7.28. The molecule has 6 nitrogen and oxygen atoms in total. The van der Waals surface area contributed by atoms with Crippen LogP contribution < -0.4 is 0 Å². The van der Waals surface area contributed by atoms with Crippen molar-refractivity contribution in [2.45, 2.75) is 0 Å². The van der Waals surface area contributed by atoms with Crippen molar-refractivity contribution in [3.05, 3.63) is 157 Å². The van der Waals surface area contributed by atoms with Gasteiger partial charge in [-0.25, -0.2) is 0 Å². The van der Waals surface area contributed by atoms with E-state index in [0.717, 1.165) is 54.6 Å². The molecule has 50 heavy (non-hydrogen) atoms. The van der Waals surface area contributed by atoms with Gasteiger partial charge in [0, 0.05) is 35.9 Å². The molecule has 4 aromatic heterocycles. The summed E-state index contributed by atoms with van der Waals surface area (Å²) in [5.41, 5.74) is 7.96. The summed E-state index contributed by atoms with van der Waals surface area (Å²) in [4.78, 5) is 18.7. The normalized spacial score (nSPS) is 11.2. The fourth-order valence-corrected chi connectivity index (χ4v) is 7.12. The van der Waals surface area contributed by atoms with Gasteiger partial charge in [-0.05, 0) is 90.6 Å². The monoisotopic (exact) mass is 636 g/mol. The van der Waals surface area contributed by atoms with Crippen molar-refractivity contribution in [2.75, 3.05) is 0 Å². The molecule has 230 valence electrons. The first kappa shape index (κ1) is 28.9. The quantitative estimate of drug-likeness (QED) is 0.141. The topological polar surface area (TPSA) is 99.1 Å². The van der Waals surface area contributed by atoms with Gasteiger partial charge in [-0.2, -0.15) is 10.5 Å². The van der Waals surface area contributed by atoms with Crippen molar-refractivity contribution in [3.8, 4) is 57.2 Å². The Morgan fingerprint density at radius 2 is 0.780 bits per heavy atom. The van der Waals surface area contributed by atoms with Crippen molar-refractivity contribution >= 4 is 43.1 Å². The highest BCUT2D eigenvalue weighted by Gasteiger charge is 2.22. The number of hydrogen-bond donors (Lipinski definition) is 0. The van der Waals surface area contributed by atoms with E-state index in [1.165, 1.54) is 10.8 Å². The molecule has 0 radical (unpaired) electrons. The van der Waals surface area contributed by atoms with Crippen LogP contribution in [-0.4, -0.2) is 19.9 Å². The smallest absolute Gasteiger partial charge is 0.0992 e. The number of fused-ring (bicyclic) bond motifs is 7. The number of benzene rings is 5. The summed E-state index contributed by atoms with van der Waals surface area (Å²) in [5.74, 6) is 0. The largest absolute Gasteiger partial charge is 0.255 e. The molecule has 0 aliphatic carbocycles. The van der Waals surface area contributed by atoms with Crippen LogP contribution in [0.4, 0.5) is 0 Å². The summed E-state index contributed by atoms with van der Waals surface area (Å²) in [6.07, 6.45) is 7.11. The van der Waals surface area contributed by atoms with Crippen LogP contribution in [0.2, 0.25) is 0 Å². The van der Waals surface area contributed by atoms with Crippen molar-refractivity contribution in [3.63, 3.8) is 0 Å². The molecule has 6 heteroatoms. The van der Waals surface area contributed by atoms with Crippen molar-refractivity contribution in [2.24, 2.45) is 0 Å². The maximum absolute atomic E-state index is 9.44. The molecule has 0 unspecified atom stereocenters. The third-order valence-corrected chi connectivity index (χ3v) is 9.31. The predicted octanol–water partition coefficient (Wildman–Crippen LogP) is 10.3. The third-order valence-electron chi connectivity index (χ3n) is 9.31. The Morgan fingerprint density at radius 1 is 0.380 bits per heavy atom. The van der Waals surface area contributed by atoms with E-state index in [1.54, 1.807) is 36.7 Å². The van der Waals surface area contributed by atoms with Gasteiger partial charge in [0.2, 0.25) is 0 Å². The van der Waals surface area contributed by atoms with Crippen molar-refractivity contribution < 1.29 is 0 Å². The Bertz CT molecular complexity index is 2680. The molecule has 0 atom stereocenters. The van der Waals surface area contributed by atoms with Crippen molar-refractivity contribution in [1.29, 1.82) is 10.5 Å². The lowest BCUT2D eigenvalue weighted by molar-refractivity contribution is 1.24. The summed E-state index contributed by atoms with van der Waals surface area (Å²) in [7, 11) is 0. The van der Waals surface area contributed by atoms with E-state index in [2.05, 4.69) is 107 Å². The van der Waals surface area contributed by atoms with E-state index in [4.69, 9.17) is 9.97 Å². The summed E-state index contributed by atoms with van der Waals surface area (Å²) < 4.78 is 0. The molecular weight excluding hydrogens is 613 g/mol. The Labute approximate surface area is 287 Å². The van der Waals surface area contributed by atoms with E-state index in [1.807, 2.05) is 24.5 Å². The number of nitriles is 2. The first-order valence-electron chi connectivity index (χ1n) is 16.2. The van der Waals surface area contributed by atoms with Crippen LogP contribution >= 0.6 is 0 Å². The molecule has 0 aliphatic rings. The summed E-state index contributed by atoms with van der Waals surface area (Å²) in [6.45, 7) is 0. The van der Waals surface area contributed by atoms with E-state index in [0.29, 0.717) is 33.9 Å². The zero-order valence-electron chi connectivity index (χ0n) is 26.5. The summed E-state index contributed by atoms with van der Waals surface area (Å²) >= 11 is 0. The lowest BCUT2D eigenvalue weighted by Gasteiger charge is -2.21. The molecular formula is C44H24N6. The second-order valence-corrected chi connectivity index (χ2v) is 12.1. The summed E-state index contributed by atoms with van der Waals surface area (Å²) in [6, 6.07) is 45.2. The van der Waals surface area contributed by atoms with Gasteiger partial charge < -0.3 is 0 Å². The maximum Gasteiger partial charge on any atom is 0.0992 e. The Morgan fingerprint density at radius 3 is 1.16 bits per heavy atom. The minimum atomic E-state index is 0.543. The molecule has 5 aromatic carbocycles. The van der Waals surface area contributed by atoms with Gasteiger partial charge in [-0.15, -0.1) is 0 Å². The molecule has 0 bridgehead atoms. The zero-order chi connectivity index (χ0) is 33.6. The molecule has 0 saturated carbocycles. The number of rotatable bonds is 4. The second kappa shape index (κ2) is 11.8. The Kier molecular flexibility index (Phi) is 6.79. The molecule has 0 N–H and O–H groups in total. The molecule has 4 heterocycles. The SMILES string of the molecule is N#Cc1ccnc(-c2ccc(-c3c4ccccc4c(-c4ccc(-c5cc(C#N)ccn5)nc4)c4c5ccccc5c5ccccc5c34)cn2)c1. The molecule has 9 aromatic rings. The minimum absolute atomic E-state index is 0.543. The van der Waals surface area contributed by atoms with Gasteiger partial charge in [0.15, 0.2) is 0 Å². The van der Waals surface area contributed by atoms with Gasteiger partial charge in [0.25, 0.3) is 0 Å². The fourth-order valence-electron chi connectivity index (χ4n) is 7.12. The highest BCUT2D eigenvalue weighted by molar-refractivity contribution is 6.36. The molecule has 0 fully saturated rings. The number of nitrogens with zero attached hydrogens (tertiary/aromatic N) is 6. The lowest BCUT2D eigenvalue weighted by atomic mass is 9.82. The van der Waals surface area contributed by atoms with E-state index in [-0.39, 0.29) is 0 Å².